The van der Waals surface area contributed by atoms with E-state index in [0.717, 1.165) is 12.1 Å². The molecular formula is C28H30Cl2F3N3O3. The van der Waals surface area contributed by atoms with E-state index in [1.807, 2.05) is 11.0 Å². The smallest absolute Gasteiger partial charge is 0.416 e. The molecule has 6 nitrogen and oxygen atoms in total. The molecule has 0 radical (unpaired) electrons. The summed E-state index contributed by atoms with van der Waals surface area (Å²) in [6.07, 6.45) is -4.22. The lowest BCUT2D eigenvalue weighted by Gasteiger charge is -2.37. The summed E-state index contributed by atoms with van der Waals surface area (Å²) >= 11 is 13.2. The van der Waals surface area contributed by atoms with Crippen molar-refractivity contribution in [2.75, 3.05) is 32.8 Å². The summed E-state index contributed by atoms with van der Waals surface area (Å²) in [5.74, 6) is -0.537. The first kappa shape index (κ1) is 29.2. The van der Waals surface area contributed by atoms with Crippen molar-refractivity contribution in [3.63, 3.8) is 0 Å². The molecule has 1 aliphatic heterocycles. The van der Waals surface area contributed by atoms with Crippen molar-refractivity contribution in [2.24, 2.45) is 7.05 Å². The number of nitrogens with zero attached hydrogens (tertiary/aromatic N) is 3. The number of hydrogen-bond acceptors (Lipinski definition) is 4. The van der Waals surface area contributed by atoms with Gasteiger partial charge in [-0.25, -0.2) is 0 Å². The fourth-order valence-corrected chi connectivity index (χ4v) is 5.58. The molecule has 0 aliphatic carbocycles. The molecule has 0 spiro atoms. The minimum absolute atomic E-state index is 0.216. The summed E-state index contributed by atoms with van der Waals surface area (Å²) in [6, 6.07) is 6.91. The largest absolute Gasteiger partial charge is 0.465 e. The summed E-state index contributed by atoms with van der Waals surface area (Å²) in [7, 11) is 1.70. The molecule has 2 heterocycles. The fraction of sp³-hybridized carbons (Fsp3) is 0.429. The molecule has 1 fully saturated rings. The highest BCUT2D eigenvalue weighted by Gasteiger charge is 2.32. The highest BCUT2D eigenvalue weighted by molar-refractivity contribution is 6.38. The molecule has 3 aromatic rings. The van der Waals surface area contributed by atoms with Crippen molar-refractivity contribution in [2.45, 2.75) is 39.4 Å². The summed E-state index contributed by atoms with van der Waals surface area (Å²) in [4.78, 5) is 29.1. The van der Waals surface area contributed by atoms with Crippen LogP contribution in [0.5, 0.6) is 0 Å². The second kappa shape index (κ2) is 11.4. The average molecular weight is 584 g/mol. The number of ether oxygens (including phenoxy) is 1. The predicted molar refractivity (Wildman–Crippen MR) is 145 cm³/mol. The molecule has 11 heteroatoms. The van der Waals surface area contributed by atoms with Gasteiger partial charge in [0.05, 0.1) is 22.8 Å². The number of halogens is 5. The average Bonchev–Trinajstić information content (AvgIpc) is 3.21. The standard InChI is InChI=1S/C28H30Cl2F3N3O3/c1-5-39-27(38)17(3)35-8-10-36(11-9-35)26(37)20-6-7-23(29)22(25(20)30)15-19-14-21-16(2)12-18(28(31,32)33)13-24(21)34(19)4/h6-7,12-14,17H,5,8-11,15H2,1-4H3. The summed E-state index contributed by atoms with van der Waals surface area (Å²) < 4.78 is 47.0. The lowest BCUT2D eigenvalue weighted by molar-refractivity contribution is -0.149. The molecule has 1 aromatic heterocycles. The van der Waals surface area contributed by atoms with Gasteiger partial charge in [0.25, 0.3) is 5.91 Å². The van der Waals surface area contributed by atoms with Crippen LogP contribution in [0, 0.1) is 6.92 Å². The summed E-state index contributed by atoms with van der Waals surface area (Å²) in [6.45, 7) is 7.37. The van der Waals surface area contributed by atoms with Gasteiger partial charge in [0.15, 0.2) is 0 Å². The van der Waals surface area contributed by atoms with Crippen molar-refractivity contribution in [1.82, 2.24) is 14.4 Å². The van der Waals surface area contributed by atoms with Gasteiger partial charge in [-0.3, -0.25) is 14.5 Å². The number of benzene rings is 2. The molecular weight excluding hydrogens is 554 g/mol. The van der Waals surface area contributed by atoms with E-state index >= 15 is 0 Å². The first-order chi connectivity index (χ1) is 18.3. The topological polar surface area (TPSA) is 54.8 Å². The van der Waals surface area contributed by atoms with Crippen molar-refractivity contribution in [1.29, 1.82) is 0 Å². The third kappa shape index (κ3) is 5.90. The van der Waals surface area contributed by atoms with E-state index in [2.05, 4.69) is 0 Å². The zero-order valence-electron chi connectivity index (χ0n) is 22.2. The van der Waals surface area contributed by atoms with Crippen LogP contribution in [0.3, 0.4) is 0 Å². The number of aromatic nitrogens is 1. The second-order valence-corrected chi connectivity index (χ2v) is 10.5. The normalized spacial score (nSPS) is 15.6. The Bertz CT molecular complexity index is 1410. The van der Waals surface area contributed by atoms with E-state index in [0.29, 0.717) is 71.1 Å². The molecule has 0 bridgehead atoms. The Morgan fingerprint density at radius 3 is 2.36 bits per heavy atom. The quantitative estimate of drug-likeness (QED) is 0.328. The lowest BCUT2D eigenvalue weighted by Crippen LogP contribution is -2.53. The van der Waals surface area contributed by atoms with Crippen LogP contribution in [0.2, 0.25) is 10.0 Å². The Kier molecular flexibility index (Phi) is 8.54. The van der Waals surface area contributed by atoms with Gasteiger partial charge in [0.2, 0.25) is 0 Å². The number of carbonyl (C=O) groups excluding carboxylic acids is 2. The van der Waals surface area contributed by atoms with E-state index in [-0.39, 0.29) is 23.3 Å². The van der Waals surface area contributed by atoms with Gasteiger partial charge in [0.1, 0.15) is 6.04 Å². The monoisotopic (exact) mass is 583 g/mol. The third-order valence-corrected chi connectivity index (χ3v) is 8.13. The molecule has 210 valence electrons. The van der Waals surface area contributed by atoms with Gasteiger partial charge in [-0.05, 0) is 62.2 Å². The van der Waals surface area contributed by atoms with E-state index in [1.54, 1.807) is 49.4 Å². The highest BCUT2D eigenvalue weighted by atomic mass is 35.5. The number of amides is 1. The number of esters is 1. The highest BCUT2D eigenvalue weighted by Crippen LogP contribution is 2.36. The van der Waals surface area contributed by atoms with Crippen molar-refractivity contribution >= 4 is 46.0 Å². The summed E-state index contributed by atoms with van der Waals surface area (Å²) in [5, 5.41) is 1.28. The zero-order chi connectivity index (χ0) is 28.6. The van der Waals surface area contributed by atoms with Crippen LogP contribution in [-0.2, 0) is 29.2 Å². The molecule has 39 heavy (non-hydrogen) atoms. The Morgan fingerprint density at radius 2 is 1.74 bits per heavy atom. The number of aryl methyl sites for hydroxylation is 2. The molecule has 1 saturated heterocycles. The molecule has 1 aliphatic rings. The van der Waals surface area contributed by atoms with E-state index in [1.165, 1.54) is 0 Å². The maximum Gasteiger partial charge on any atom is 0.416 e. The molecule has 1 unspecified atom stereocenters. The van der Waals surface area contributed by atoms with Crippen LogP contribution < -0.4 is 0 Å². The van der Waals surface area contributed by atoms with Gasteiger partial charge in [-0.2, -0.15) is 13.2 Å². The Balaban J connectivity index is 1.57. The van der Waals surface area contributed by atoms with Crippen LogP contribution >= 0.6 is 23.2 Å². The van der Waals surface area contributed by atoms with Crippen LogP contribution in [0.25, 0.3) is 10.9 Å². The van der Waals surface area contributed by atoms with E-state index in [4.69, 9.17) is 27.9 Å². The van der Waals surface area contributed by atoms with Gasteiger partial charge in [0, 0.05) is 61.3 Å². The molecule has 2 aromatic carbocycles. The van der Waals surface area contributed by atoms with Crippen molar-refractivity contribution < 1.29 is 27.5 Å². The van der Waals surface area contributed by atoms with Crippen LogP contribution in [0.1, 0.15) is 46.6 Å². The number of hydrogen-bond donors (Lipinski definition) is 0. The van der Waals surface area contributed by atoms with Gasteiger partial charge < -0.3 is 14.2 Å². The SMILES string of the molecule is CCOC(=O)C(C)N1CCN(C(=O)c2ccc(Cl)c(Cc3cc4c(C)cc(C(F)(F)F)cc4n3C)c2Cl)CC1. The number of piperazine rings is 1. The predicted octanol–water partition coefficient (Wildman–Crippen LogP) is 6.11. The second-order valence-electron chi connectivity index (χ2n) is 9.74. The van der Waals surface area contributed by atoms with E-state index in [9.17, 15) is 22.8 Å². The van der Waals surface area contributed by atoms with Crippen LogP contribution in [-0.4, -0.2) is 65.1 Å². The Labute approximate surface area is 235 Å². The molecule has 0 saturated carbocycles. The van der Waals surface area contributed by atoms with Crippen molar-refractivity contribution in [3.8, 4) is 0 Å². The number of alkyl halides is 3. The fourth-order valence-electron chi connectivity index (χ4n) is 5.00. The van der Waals surface area contributed by atoms with Crippen LogP contribution in [0.4, 0.5) is 13.2 Å². The first-order valence-corrected chi connectivity index (χ1v) is 13.4. The molecule has 1 amide bonds. The zero-order valence-corrected chi connectivity index (χ0v) is 23.7. The Hall–Kier alpha value is -2.75. The lowest BCUT2D eigenvalue weighted by atomic mass is 10.0. The third-order valence-electron chi connectivity index (χ3n) is 7.35. The summed E-state index contributed by atoms with van der Waals surface area (Å²) in [5.41, 5.74) is 1.80. The Morgan fingerprint density at radius 1 is 1.08 bits per heavy atom. The maximum absolute atomic E-state index is 13.4. The van der Waals surface area contributed by atoms with Gasteiger partial charge in [-0.1, -0.05) is 23.2 Å². The maximum atomic E-state index is 13.4. The van der Waals surface area contributed by atoms with Gasteiger partial charge in [-0.15, -0.1) is 0 Å². The molecule has 1 atom stereocenters. The first-order valence-electron chi connectivity index (χ1n) is 12.7. The minimum Gasteiger partial charge on any atom is -0.465 e. The number of fused-ring (bicyclic) bond motifs is 1. The molecule has 0 N–H and O–H groups in total. The van der Waals surface area contributed by atoms with Crippen LogP contribution in [0.15, 0.2) is 30.3 Å². The molecule has 4 rings (SSSR count). The van der Waals surface area contributed by atoms with E-state index < -0.39 is 17.8 Å². The van der Waals surface area contributed by atoms with Crippen molar-refractivity contribution in [3.05, 3.63) is 68.3 Å². The van der Waals surface area contributed by atoms with Gasteiger partial charge >= 0.3 is 12.1 Å². The minimum atomic E-state index is -4.45. The number of carbonyl (C=O) groups is 2. The number of rotatable bonds is 6.